The molecule has 0 atom stereocenters. The van der Waals surface area contributed by atoms with Crippen molar-refractivity contribution in [2.24, 2.45) is 5.10 Å². The average molecular weight is 809 g/mol. The number of rotatable bonds is 9. The zero-order valence-electron chi connectivity index (χ0n) is 21.1. The molecule has 41 heavy (non-hydrogen) atoms. The van der Waals surface area contributed by atoms with Gasteiger partial charge in [0.25, 0.3) is 5.91 Å². The number of hydrogen-bond donors (Lipinski definition) is 2. The highest BCUT2D eigenvalue weighted by molar-refractivity contribution is 14.1. The zero-order chi connectivity index (χ0) is 28.8. The first-order valence-electron chi connectivity index (χ1n) is 12.1. The second-order valence-electron chi connectivity index (χ2n) is 8.64. The molecule has 5 aromatic rings. The first-order valence-corrected chi connectivity index (χ1v) is 15.5. The first kappa shape index (κ1) is 29.4. The lowest BCUT2D eigenvalue weighted by Crippen LogP contribution is -2.17. The Morgan fingerprint density at radius 2 is 1.73 bits per heavy atom. The summed E-state index contributed by atoms with van der Waals surface area (Å²) < 4.78 is 21.5. The molecule has 4 aromatic carbocycles. The third kappa shape index (κ3) is 7.82. The van der Waals surface area contributed by atoms with Gasteiger partial charge in [0, 0.05) is 32.8 Å². The van der Waals surface area contributed by atoms with Gasteiger partial charge in [-0.1, -0.05) is 41.9 Å². The lowest BCUT2D eigenvalue weighted by Gasteiger charge is -2.12. The molecule has 206 valence electrons. The van der Waals surface area contributed by atoms with Crippen LogP contribution >= 0.6 is 68.1 Å². The summed E-state index contributed by atoms with van der Waals surface area (Å²) in [5, 5.41) is 10.8. The third-order valence-corrected chi connectivity index (χ3v) is 8.38. The maximum atomic E-state index is 13.9. The molecule has 0 aliphatic carbocycles. The van der Waals surface area contributed by atoms with Crippen LogP contribution in [0.3, 0.4) is 0 Å². The number of anilines is 2. The van der Waals surface area contributed by atoms with Crippen molar-refractivity contribution >= 4 is 91.1 Å². The van der Waals surface area contributed by atoms with Crippen LogP contribution in [0.25, 0.3) is 11.3 Å². The van der Waals surface area contributed by atoms with Crippen LogP contribution < -0.4 is 15.5 Å². The SMILES string of the molecule is O=C(N/N=C\c1cc(I)c(OCc2ccccc2F)c(I)c1)c1ccc(-c2csc(Nc3ccc(Cl)cc3)n2)cc1. The number of carbonyl (C=O) groups excluding carboxylic acids is 1. The minimum absolute atomic E-state index is 0.130. The molecule has 11 heteroatoms. The smallest absolute Gasteiger partial charge is 0.271 e. The summed E-state index contributed by atoms with van der Waals surface area (Å²) in [6.07, 6.45) is 1.57. The van der Waals surface area contributed by atoms with E-state index in [2.05, 4.69) is 66.0 Å². The molecule has 0 radical (unpaired) electrons. The van der Waals surface area contributed by atoms with Gasteiger partial charge < -0.3 is 10.1 Å². The zero-order valence-corrected chi connectivity index (χ0v) is 27.0. The number of nitrogens with zero attached hydrogens (tertiary/aromatic N) is 2. The second kappa shape index (κ2) is 13.7. The molecule has 1 amide bonds. The largest absolute Gasteiger partial charge is 0.487 e. The summed E-state index contributed by atoms with van der Waals surface area (Å²) in [7, 11) is 0. The molecule has 0 unspecified atom stereocenters. The molecular formula is C30H20ClFI2N4O2S. The first-order chi connectivity index (χ1) is 19.9. The Hall–Kier alpha value is -3.07. The van der Waals surface area contributed by atoms with E-state index in [0.29, 0.717) is 21.9 Å². The van der Waals surface area contributed by atoms with E-state index in [9.17, 15) is 9.18 Å². The van der Waals surface area contributed by atoms with Crippen LogP contribution in [0.4, 0.5) is 15.2 Å². The summed E-state index contributed by atoms with van der Waals surface area (Å²) in [4.78, 5) is 17.3. The van der Waals surface area contributed by atoms with Crippen LogP contribution in [-0.2, 0) is 6.61 Å². The van der Waals surface area contributed by atoms with Crippen LogP contribution in [0.1, 0.15) is 21.5 Å². The van der Waals surface area contributed by atoms with Gasteiger partial charge in [-0.3, -0.25) is 4.79 Å². The molecule has 6 nitrogen and oxygen atoms in total. The molecule has 1 heterocycles. The summed E-state index contributed by atoms with van der Waals surface area (Å²) in [6, 6.07) is 24.9. The monoisotopic (exact) mass is 808 g/mol. The van der Waals surface area contributed by atoms with Gasteiger partial charge >= 0.3 is 0 Å². The Balaban J connectivity index is 1.17. The van der Waals surface area contributed by atoms with Crippen molar-refractivity contribution in [3.63, 3.8) is 0 Å². The quantitative estimate of drug-likeness (QED) is 0.0887. The van der Waals surface area contributed by atoms with E-state index in [1.165, 1.54) is 17.4 Å². The number of benzene rings is 4. The van der Waals surface area contributed by atoms with Crippen LogP contribution in [0.2, 0.25) is 5.02 Å². The molecule has 2 N–H and O–H groups in total. The van der Waals surface area contributed by atoms with Crippen LogP contribution in [0.5, 0.6) is 5.75 Å². The molecular weight excluding hydrogens is 789 g/mol. The van der Waals surface area contributed by atoms with E-state index in [4.69, 9.17) is 16.3 Å². The summed E-state index contributed by atoms with van der Waals surface area (Å²) in [5.74, 6) is 0.0422. The summed E-state index contributed by atoms with van der Waals surface area (Å²) in [6.45, 7) is 0.130. The van der Waals surface area contributed by atoms with Crippen LogP contribution in [0, 0.1) is 13.0 Å². The summed E-state index contributed by atoms with van der Waals surface area (Å²) >= 11 is 11.8. The van der Waals surface area contributed by atoms with Gasteiger partial charge in [-0.15, -0.1) is 11.3 Å². The summed E-state index contributed by atoms with van der Waals surface area (Å²) in [5.41, 5.74) is 6.92. The van der Waals surface area contributed by atoms with Gasteiger partial charge in [-0.2, -0.15) is 5.10 Å². The van der Waals surface area contributed by atoms with Crippen molar-refractivity contribution in [1.82, 2.24) is 10.4 Å². The van der Waals surface area contributed by atoms with Crippen molar-refractivity contribution in [2.45, 2.75) is 6.61 Å². The number of thiazole rings is 1. The Labute approximate surface area is 272 Å². The third-order valence-electron chi connectivity index (χ3n) is 5.77. The van der Waals surface area contributed by atoms with E-state index in [1.807, 2.05) is 53.9 Å². The van der Waals surface area contributed by atoms with Crippen molar-refractivity contribution in [3.8, 4) is 17.0 Å². The van der Waals surface area contributed by atoms with Gasteiger partial charge in [0.1, 0.15) is 18.2 Å². The molecule has 0 saturated heterocycles. The van der Waals surface area contributed by atoms with E-state index in [1.54, 1.807) is 36.5 Å². The number of ether oxygens (including phenoxy) is 1. The number of aromatic nitrogens is 1. The maximum Gasteiger partial charge on any atom is 0.271 e. The van der Waals surface area contributed by atoms with Crippen molar-refractivity contribution in [3.05, 3.63) is 125 Å². The topological polar surface area (TPSA) is 75.6 Å². The molecule has 0 spiro atoms. The molecule has 0 fully saturated rings. The second-order valence-corrected chi connectivity index (χ2v) is 12.3. The van der Waals surface area contributed by atoms with Gasteiger partial charge in [0.2, 0.25) is 0 Å². The minimum Gasteiger partial charge on any atom is -0.487 e. The predicted octanol–water partition coefficient (Wildman–Crippen LogP) is 8.90. The average Bonchev–Trinajstić information content (AvgIpc) is 3.43. The number of nitrogens with one attached hydrogen (secondary N) is 2. The molecule has 0 aliphatic rings. The highest BCUT2D eigenvalue weighted by Crippen LogP contribution is 2.30. The van der Waals surface area contributed by atoms with E-state index in [-0.39, 0.29) is 18.3 Å². The van der Waals surface area contributed by atoms with Gasteiger partial charge in [0.15, 0.2) is 5.13 Å². The molecule has 0 bridgehead atoms. The molecule has 1 aromatic heterocycles. The Bertz CT molecular complexity index is 1690. The fraction of sp³-hybridized carbons (Fsp3) is 0.0333. The Morgan fingerprint density at radius 3 is 2.44 bits per heavy atom. The number of carbonyl (C=O) groups is 1. The van der Waals surface area contributed by atoms with Gasteiger partial charge in [-0.05, 0) is 105 Å². The van der Waals surface area contributed by atoms with E-state index < -0.39 is 0 Å². The normalized spacial score (nSPS) is 11.0. The van der Waals surface area contributed by atoms with E-state index >= 15 is 0 Å². The number of halogens is 4. The van der Waals surface area contributed by atoms with Crippen LogP contribution in [-0.4, -0.2) is 17.1 Å². The highest BCUT2D eigenvalue weighted by atomic mass is 127. The fourth-order valence-corrected chi connectivity index (χ4v) is 6.69. The number of hydrogen-bond acceptors (Lipinski definition) is 6. The molecule has 5 rings (SSSR count). The lowest BCUT2D eigenvalue weighted by atomic mass is 10.1. The standard InChI is InChI=1S/C30H20ClFI2N4O2S/c31-22-9-11-23(12-10-22)36-30-37-27(17-41-30)19-5-7-20(8-6-19)29(39)38-35-15-18-13-25(33)28(26(34)14-18)40-16-21-3-1-2-4-24(21)32/h1-15,17H,16H2,(H,36,37)(H,38,39)/b35-15-. The molecule has 0 aliphatic heterocycles. The predicted molar refractivity (Wildman–Crippen MR) is 180 cm³/mol. The minimum atomic E-state index is -0.328. The highest BCUT2D eigenvalue weighted by Gasteiger charge is 2.11. The van der Waals surface area contributed by atoms with Crippen LogP contribution in [0.15, 0.2) is 95.4 Å². The fourth-order valence-electron chi connectivity index (χ4n) is 3.70. The maximum absolute atomic E-state index is 13.9. The molecule has 0 saturated carbocycles. The van der Waals surface area contributed by atoms with Gasteiger partial charge in [0.05, 0.1) is 19.0 Å². The van der Waals surface area contributed by atoms with Crippen molar-refractivity contribution in [1.29, 1.82) is 0 Å². The van der Waals surface area contributed by atoms with E-state index in [0.717, 1.165) is 34.8 Å². The number of hydrazone groups is 1. The number of amides is 1. The van der Waals surface area contributed by atoms with Crippen molar-refractivity contribution < 1.29 is 13.9 Å². The Kier molecular flexibility index (Phi) is 9.85. The lowest BCUT2D eigenvalue weighted by molar-refractivity contribution is 0.0955. The Morgan fingerprint density at radius 1 is 1.02 bits per heavy atom. The van der Waals surface area contributed by atoms with Gasteiger partial charge in [-0.25, -0.2) is 14.8 Å². The van der Waals surface area contributed by atoms with Crippen molar-refractivity contribution in [2.75, 3.05) is 5.32 Å².